The van der Waals surface area contributed by atoms with Crippen LogP contribution in [0.3, 0.4) is 0 Å². The van der Waals surface area contributed by atoms with Gasteiger partial charge in [0.25, 0.3) is 0 Å². The molecule has 0 radical (unpaired) electrons. The van der Waals surface area contributed by atoms with Crippen molar-refractivity contribution in [2.75, 3.05) is 0 Å². The van der Waals surface area contributed by atoms with Gasteiger partial charge in [0.15, 0.2) is 0 Å². The first kappa shape index (κ1) is 13.6. The molecule has 0 atom stereocenters. The summed E-state index contributed by atoms with van der Waals surface area (Å²) in [5.74, 6) is 0. The zero-order valence-corrected chi connectivity index (χ0v) is 10.7. The van der Waals surface area contributed by atoms with Gasteiger partial charge in [0, 0.05) is 0 Å². The van der Waals surface area contributed by atoms with Crippen LogP contribution in [0.5, 0.6) is 0 Å². The fourth-order valence-electron chi connectivity index (χ4n) is 2.47. The quantitative estimate of drug-likeness (QED) is 0.628. The molecule has 1 aromatic carbocycles. The summed E-state index contributed by atoms with van der Waals surface area (Å²) in [5.41, 5.74) is 1.53. The average Bonchev–Trinajstić information content (AvgIpc) is 2.65. The summed E-state index contributed by atoms with van der Waals surface area (Å²) < 4.78 is 5.92. The fourth-order valence-corrected chi connectivity index (χ4v) is 2.47. The van der Waals surface area contributed by atoms with Crippen LogP contribution in [-0.2, 0) is 11.3 Å². The summed E-state index contributed by atoms with van der Waals surface area (Å²) in [4.78, 5) is 0. The third kappa shape index (κ3) is 4.12. The Balaban J connectivity index is 1.87. The zero-order chi connectivity index (χ0) is 12.8. The van der Waals surface area contributed by atoms with E-state index in [1.807, 2.05) is 12.1 Å². The molecule has 4 heteroatoms. The lowest BCUT2D eigenvalue weighted by molar-refractivity contribution is 0.0310. The number of rotatable bonds is 4. The molecule has 1 aliphatic rings. The van der Waals surface area contributed by atoms with Crippen LogP contribution in [0.25, 0.3) is 0 Å². The minimum absolute atomic E-state index is 0.371. The second-order valence-corrected chi connectivity index (χ2v) is 5.04. The molecule has 3 nitrogen and oxygen atoms in total. The van der Waals surface area contributed by atoms with Crippen molar-refractivity contribution >= 4 is 12.6 Å². The van der Waals surface area contributed by atoms with Gasteiger partial charge in [-0.3, -0.25) is 0 Å². The molecule has 0 heterocycles. The lowest BCUT2D eigenvalue weighted by Crippen LogP contribution is -2.30. The minimum Gasteiger partial charge on any atom is -0.423 e. The Hall–Kier alpha value is -0.835. The van der Waals surface area contributed by atoms with Crippen molar-refractivity contribution in [2.24, 2.45) is 0 Å². The summed E-state index contributed by atoms with van der Waals surface area (Å²) in [6.45, 7) is 0.561. The summed E-state index contributed by atoms with van der Waals surface area (Å²) in [6.07, 6.45) is 7.86. The molecule has 0 saturated heterocycles. The van der Waals surface area contributed by atoms with Crippen LogP contribution in [-0.4, -0.2) is 23.3 Å². The maximum atomic E-state index is 9.12. The van der Waals surface area contributed by atoms with Crippen LogP contribution < -0.4 is 5.46 Å². The molecule has 2 N–H and O–H groups in total. The van der Waals surface area contributed by atoms with Crippen molar-refractivity contribution in [1.29, 1.82) is 0 Å². The fraction of sp³-hybridized carbons (Fsp3) is 0.571. The lowest BCUT2D eigenvalue weighted by atomic mass is 9.80. The molecule has 1 fully saturated rings. The van der Waals surface area contributed by atoms with Gasteiger partial charge in [0.05, 0.1) is 12.7 Å². The standard InChI is InChI=1S/C14H21BO3/c16-15(17)13-7-5-6-12(10-13)11-18-14-8-3-1-2-4-9-14/h5-7,10,14,16-17H,1-4,8-9,11H2. The van der Waals surface area contributed by atoms with Crippen LogP contribution in [0.4, 0.5) is 0 Å². The molecule has 0 aliphatic heterocycles. The third-order valence-corrected chi connectivity index (χ3v) is 3.54. The summed E-state index contributed by atoms with van der Waals surface area (Å²) >= 11 is 0. The van der Waals surface area contributed by atoms with Crippen molar-refractivity contribution < 1.29 is 14.8 Å². The number of hydrogen-bond acceptors (Lipinski definition) is 3. The van der Waals surface area contributed by atoms with Crippen LogP contribution in [0.2, 0.25) is 0 Å². The average molecular weight is 248 g/mol. The van der Waals surface area contributed by atoms with E-state index in [-0.39, 0.29) is 0 Å². The molecule has 18 heavy (non-hydrogen) atoms. The van der Waals surface area contributed by atoms with E-state index in [4.69, 9.17) is 14.8 Å². The maximum absolute atomic E-state index is 9.12. The first-order valence-electron chi connectivity index (χ1n) is 6.82. The Kier molecular flexibility index (Phi) is 5.23. The lowest BCUT2D eigenvalue weighted by Gasteiger charge is -2.15. The Morgan fingerprint density at radius 2 is 1.83 bits per heavy atom. The van der Waals surface area contributed by atoms with Crippen LogP contribution in [0.1, 0.15) is 44.1 Å². The van der Waals surface area contributed by atoms with Gasteiger partial charge in [-0.25, -0.2) is 0 Å². The topological polar surface area (TPSA) is 49.7 Å². The van der Waals surface area contributed by atoms with Gasteiger partial charge in [-0.15, -0.1) is 0 Å². The SMILES string of the molecule is OB(O)c1cccc(COC2CCCCCC2)c1. The highest BCUT2D eigenvalue weighted by Crippen LogP contribution is 2.20. The molecule has 0 amide bonds. The van der Waals surface area contributed by atoms with E-state index in [1.165, 1.54) is 25.7 Å². The monoisotopic (exact) mass is 248 g/mol. The molecule has 1 aromatic rings. The number of benzene rings is 1. The Bertz CT molecular complexity index is 360. The number of ether oxygens (including phenoxy) is 1. The predicted octanol–water partition coefficient (Wildman–Crippen LogP) is 1.61. The van der Waals surface area contributed by atoms with Crippen molar-refractivity contribution in [3.63, 3.8) is 0 Å². The second-order valence-electron chi connectivity index (χ2n) is 5.04. The predicted molar refractivity (Wildman–Crippen MR) is 72.5 cm³/mol. The summed E-state index contributed by atoms with van der Waals surface area (Å²) in [6, 6.07) is 7.30. The highest BCUT2D eigenvalue weighted by atomic mass is 16.5. The molecule has 0 unspecified atom stereocenters. The van der Waals surface area contributed by atoms with Gasteiger partial charge in [0.1, 0.15) is 0 Å². The smallest absolute Gasteiger partial charge is 0.423 e. The van der Waals surface area contributed by atoms with E-state index in [0.717, 1.165) is 18.4 Å². The van der Waals surface area contributed by atoms with E-state index in [2.05, 4.69) is 0 Å². The molecule has 0 spiro atoms. The molecular formula is C14H21BO3. The van der Waals surface area contributed by atoms with Gasteiger partial charge >= 0.3 is 7.12 Å². The summed E-state index contributed by atoms with van der Waals surface area (Å²) in [7, 11) is -1.40. The van der Waals surface area contributed by atoms with Crippen molar-refractivity contribution in [3.05, 3.63) is 29.8 Å². The van der Waals surface area contributed by atoms with Crippen LogP contribution in [0.15, 0.2) is 24.3 Å². The molecule has 2 rings (SSSR count). The van der Waals surface area contributed by atoms with Gasteiger partial charge < -0.3 is 14.8 Å². The Morgan fingerprint density at radius 3 is 2.50 bits per heavy atom. The van der Waals surface area contributed by atoms with Crippen molar-refractivity contribution in [3.8, 4) is 0 Å². The van der Waals surface area contributed by atoms with E-state index in [1.54, 1.807) is 12.1 Å². The largest absolute Gasteiger partial charge is 0.488 e. The third-order valence-electron chi connectivity index (χ3n) is 3.54. The van der Waals surface area contributed by atoms with Crippen molar-refractivity contribution in [1.82, 2.24) is 0 Å². The first-order chi connectivity index (χ1) is 8.75. The van der Waals surface area contributed by atoms with E-state index in [9.17, 15) is 0 Å². The van der Waals surface area contributed by atoms with E-state index in [0.29, 0.717) is 18.2 Å². The second kappa shape index (κ2) is 6.93. The van der Waals surface area contributed by atoms with Gasteiger partial charge in [-0.05, 0) is 23.9 Å². The van der Waals surface area contributed by atoms with Crippen molar-refractivity contribution in [2.45, 2.75) is 51.2 Å². The molecule has 1 saturated carbocycles. The highest BCUT2D eigenvalue weighted by molar-refractivity contribution is 6.58. The normalized spacial score (nSPS) is 17.4. The first-order valence-corrected chi connectivity index (χ1v) is 6.82. The van der Waals surface area contributed by atoms with Crippen LogP contribution >= 0.6 is 0 Å². The Labute approximate surface area is 109 Å². The Morgan fingerprint density at radius 1 is 1.11 bits per heavy atom. The summed E-state index contributed by atoms with van der Waals surface area (Å²) in [5, 5.41) is 18.2. The molecular weight excluding hydrogens is 227 g/mol. The van der Waals surface area contributed by atoms with E-state index >= 15 is 0 Å². The molecule has 98 valence electrons. The highest BCUT2D eigenvalue weighted by Gasteiger charge is 2.14. The molecule has 0 aromatic heterocycles. The van der Waals surface area contributed by atoms with Gasteiger partial charge in [-0.2, -0.15) is 0 Å². The zero-order valence-electron chi connectivity index (χ0n) is 10.7. The minimum atomic E-state index is -1.40. The van der Waals surface area contributed by atoms with Gasteiger partial charge in [0.2, 0.25) is 0 Å². The van der Waals surface area contributed by atoms with Crippen LogP contribution in [0, 0.1) is 0 Å². The molecule has 1 aliphatic carbocycles. The van der Waals surface area contributed by atoms with E-state index < -0.39 is 7.12 Å². The molecule has 0 bridgehead atoms. The maximum Gasteiger partial charge on any atom is 0.488 e. The number of hydrogen-bond donors (Lipinski definition) is 2. The van der Waals surface area contributed by atoms with Gasteiger partial charge in [-0.1, -0.05) is 49.9 Å².